The van der Waals surface area contributed by atoms with Crippen molar-refractivity contribution in [3.8, 4) is 0 Å². The Hall–Kier alpha value is -2.21. The number of fused-ring (bicyclic) bond motifs is 1. The minimum absolute atomic E-state index is 0.0887. The van der Waals surface area contributed by atoms with Crippen LogP contribution in [0.25, 0.3) is 10.8 Å². The van der Waals surface area contributed by atoms with Gasteiger partial charge in [-0.3, -0.25) is 15.1 Å². The first-order chi connectivity index (χ1) is 10.0. The number of aromatic nitrogens is 1. The lowest BCUT2D eigenvalue weighted by Gasteiger charge is -2.23. The average molecular weight is 289 g/mol. The van der Waals surface area contributed by atoms with Crippen LogP contribution in [-0.2, 0) is 4.74 Å². The SMILES string of the molecule is COCC(Nc1ccc([N+](=O)[O-])c2ccncc12)C(C)C. The number of hydrogen-bond acceptors (Lipinski definition) is 5. The van der Waals surface area contributed by atoms with Gasteiger partial charge >= 0.3 is 0 Å². The number of non-ortho nitro benzene ring substituents is 1. The van der Waals surface area contributed by atoms with E-state index in [1.165, 1.54) is 6.07 Å². The predicted molar refractivity (Wildman–Crippen MR) is 82.5 cm³/mol. The number of hydrogen-bond donors (Lipinski definition) is 1. The zero-order valence-corrected chi connectivity index (χ0v) is 12.4. The van der Waals surface area contributed by atoms with Crippen molar-refractivity contribution in [3.63, 3.8) is 0 Å². The number of methoxy groups -OCH3 is 1. The quantitative estimate of drug-likeness (QED) is 0.652. The molecule has 2 aromatic rings. The zero-order chi connectivity index (χ0) is 15.4. The van der Waals surface area contributed by atoms with E-state index in [2.05, 4.69) is 24.1 Å². The van der Waals surface area contributed by atoms with Crippen molar-refractivity contribution >= 4 is 22.1 Å². The molecule has 6 nitrogen and oxygen atoms in total. The summed E-state index contributed by atoms with van der Waals surface area (Å²) in [5, 5.41) is 15.8. The van der Waals surface area contributed by atoms with Gasteiger partial charge in [0.1, 0.15) is 0 Å². The van der Waals surface area contributed by atoms with Crippen molar-refractivity contribution in [2.45, 2.75) is 19.9 Å². The van der Waals surface area contributed by atoms with Crippen LogP contribution in [0.2, 0.25) is 0 Å². The summed E-state index contributed by atoms with van der Waals surface area (Å²) >= 11 is 0. The normalized spacial score (nSPS) is 12.6. The first-order valence-electron chi connectivity index (χ1n) is 6.81. The molecule has 0 aliphatic rings. The van der Waals surface area contributed by atoms with Gasteiger partial charge in [-0.05, 0) is 18.1 Å². The fourth-order valence-corrected chi connectivity index (χ4v) is 2.24. The van der Waals surface area contributed by atoms with Gasteiger partial charge < -0.3 is 10.1 Å². The van der Waals surface area contributed by atoms with Crippen molar-refractivity contribution in [3.05, 3.63) is 40.7 Å². The Balaban J connectivity index is 2.46. The number of nitro benzene ring substituents is 1. The lowest BCUT2D eigenvalue weighted by atomic mass is 10.0. The number of anilines is 1. The topological polar surface area (TPSA) is 77.3 Å². The second kappa shape index (κ2) is 6.49. The summed E-state index contributed by atoms with van der Waals surface area (Å²) in [4.78, 5) is 14.8. The highest BCUT2D eigenvalue weighted by atomic mass is 16.6. The van der Waals surface area contributed by atoms with Gasteiger partial charge in [0.25, 0.3) is 5.69 Å². The van der Waals surface area contributed by atoms with Crippen molar-refractivity contribution in [2.75, 3.05) is 19.0 Å². The van der Waals surface area contributed by atoms with Gasteiger partial charge in [-0.2, -0.15) is 0 Å². The number of nitro groups is 1. The fourth-order valence-electron chi connectivity index (χ4n) is 2.24. The van der Waals surface area contributed by atoms with Gasteiger partial charge in [-0.15, -0.1) is 0 Å². The van der Waals surface area contributed by atoms with Crippen LogP contribution in [0.1, 0.15) is 13.8 Å². The summed E-state index contributed by atoms with van der Waals surface area (Å²) < 4.78 is 5.23. The van der Waals surface area contributed by atoms with Crippen LogP contribution in [0.3, 0.4) is 0 Å². The van der Waals surface area contributed by atoms with E-state index in [0.717, 1.165) is 11.1 Å². The summed E-state index contributed by atoms with van der Waals surface area (Å²) in [7, 11) is 1.66. The molecular formula is C15H19N3O3. The Morgan fingerprint density at radius 2 is 2.10 bits per heavy atom. The minimum Gasteiger partial charge on any atom is -0.383 e. The van der Waals surface area contributed by atoms with E-state index in [9.17, 15) is 10.1 Å². The Kier molecular flexibility index (Phi) is 4.70. The molecule has 0 radical (unpaired) electrons. The maximum absolute atomic E-state index is 11.1. The second-order valence-electron chi connectivity index (χ2n) is 5.26. The summed E-state index contributed by atoms with van der Waals surface area (Å²) in [6.07, 6.45) is 3.21. The number of rotatable bonds is 6. The Morgan fingerprint density at radius 3 is 2.71 bits per heavy atom. The Labute approximate surface area is 123 Å². The molecule has 0 fully saturated rings. The fraction of sp³-hybridized carbons (Fsp3) is 0.400. The molecule has 0 aliphatic carbocycles. The maximum Gasteiger partial charge on any atom is 0.277 e. The molecule has 1 N–H and O–H groups in total. The van der Waals surface area contributed by atoms with E-state index in [0.29, 0.717) is 17.9 Å². The third-order valence-corrected chi connectivity index (χ3v) is 3.48. The molecule has 1 atom stereocenters. The highest BCUT2D eigenvalue weighted by molar-refractivity contribution is 5.99. The molecule has 0 saturated heterocycles. The van der Waals surface area contributed by atoms with Crippen LogP contribution in [-0.4, -0.2) is 29.7 Å². The van der Waals surface area contributed by atoms with E-state index >= 15 is 0 Å². The number of pyridine rings is 1. The molecule has 0 aliphatic heterocycles. The molecule has 0 saturated carbocycles. The number of nitrogens with zero attached hydrogens (tertiary/aromatic N) is 2. The van der Waals surface area contributed by atoms with Crippen molar-refractivity contribution < 1.29 is 9.66 Å². The number of benzene rings is 1. The predicted octanol–water partition coefficient (Wildman–Crippen LogP) is 3.23. The molecule has 0 bridgehead atoms. The lowest BCUT2D eigenvalue weighted by Crippen LogP contribution is -2.30. The average Bonchev–Trinajstić information content (AvgIpc) is 2.46. The van der Waals surface area contributed by atoms with E-state index in [1.807, 2.05) is 0 Å². The van der Waals surface area contributed by atoms with Gasteiger partial charge in [0, 0.05) is 36.6 Å². The van der Waals surface area contributed by atoms with Gasteiger partial charge in [0.05, 0.1) is 23.0 Å². The first kappa shape index (κ1) is 15.2. The molecule has 21 heavy (non-hydrogen) atoms. The molecule has 1 aromatic carbocycles. The summed E-state index contributed by atoms with van der Waals surface area (Å²) in [6.45, 7) is 4.77. The lowest BCUT2D eigenvalue weighted by molar-refractivity contribution is -0.383. The third-order valence-electron chi connectivity index (χ3n) is 3.48. The molecule has 1 unspecified atom stereocenters. The van der Waals surface area contributed by atoms with E-state index < -0.39 is 0 Å². The third kappa shape index (κ3) is 3.28. The van der Waals surface area contributed by atoms with Crippen LogP contribution < -0.4 is 5.32 Å². The summed E-state index contributed by atoms with van der Waals surface area (Å²) in [5.74, 6) is 0.367. The van der Waals surface area contributed by atoms with Crippen molar-refractivity contribution in [1.29, 1.82) is 0 Å². The van der Waals surface area contributed by atoms with E-state index in [-0.39, 0.29) is 16.7 Å². The molecular weight excluding hydrogens is 270 g/mol. The summed E-state index contributed by atoms with van der Waals surface area (Å²) in [5.41, 5.74) is 0.922. The summed E-state index contributed by atoms with van der Waals surface area (Å²) in [6, 6.07) is 5.04. The molecule has 0 amide bonds. The van der Waals surface area contributed by atoms with E-state index in [1.54, 1.807) is 31.6 Å². The molecule has 6 heteroatoms. The number of ether oxygens (including phenoxy) is 1. The standard InChI is InChI=1S/C15H19N3O3/c1-10(2)14(9-21-3)17-13-4-5-15(18(19)20)11-6-7-16-8-12(11)13/h4-8,10,14,17H,9H2,1-3H3. The Bertz CT molecular complexity index is 643. The largest absolute Gasteiger partial charge is 0.383 e. The van der Waals surface area contributed by atoms with Crippen LogP contribution in [0.15, 0.2) is 30.6 Å². The van der Waals surface area contributed by atoms with Crippen molar-refractivity contribution in [1.82, 2.24) is 4.98 Å². The van der Waals surface area contributed by atoms with E-state index in [4.69, 9.17) is 4.74 Å². The van der Waals surface area contributed by atoms with Crippen molar-refractivity contribution in [2.24, 2.45) is 5.92 Å². The zero-order valence-electron chi connectivity index (χ0n) is 12.4. The van der Waals surface area contributed by atoms with Gasteiger partial charge in [-0.25, -0.2) is 0 Å². The second-order valence-corrected chi connectivity index (χ2v) is 5.26. The molecule has 2 rings (SSSR count). The molecule has 112 valence electrons. The smallest absolute Gasteiger partial charge is 0.277 e. The monoisotopic (exact) mass is 289 g/mol. The van der Waals surface area contributed by atoms with Crippen LogP contribution >= 0.6 is 0 Å². The minimum atomic E-state index is -0.374. The Morgan fingerprint density at radius 1 is 1.33 bits per heavy atom. The van der Waals surface area contributed by atoms with Gasteiger partial charge in [0.15, 0.2) is 0 Å². The first-order valence-corrected chi connectivity index (χ1v) is 6.81. The molecule has 0 spiro atoms. The number of nitrogens with one attached hydrogen (secondary N) is 1. The highest BCUT2D eigenvalue weighted by Crippen LogP contribution is 2.31. The molecule has 1 heterocycles. The maximum atomic E-state index is 11.1. The van der Waals surface area contributed by atoms with Gasteiger partial charge in [-0.1, -0.05) is 13.8 Å². The van der Waals surface area contributed by atoms with Crippen LogP contribution in [0, 0.1) is 16.0 Å². The van der Waals surface area contributed by atoms with Crippen LogP contribution in [0.4, 0.5) is 11.4 Å². The van der Waals surface area contributed by atoms with Gasteiger partial charge in [0.2, 0.25) is 0 Å². The highest BCUT2D eigenvalue weighted by Gasteiger charge is 2.18. The van der Waals surface area contributed by atoms with Crippen LogP contribution in [0.5, 0.6) is 0 Å². The molecule has 1 aromatic heterocycles.